The van der Waals surface area contributed by atoms with Gasteiger partial charge in [0.15, 0.2) is 0 Å². The molecule has 2 rings (SSSR count). The van der Waals surface area contributed by atoms with Crippen molar-refractivity contribution in [2.45, 2.75) is 38.8 Å². The molecule has 2 atom stereocenters. The average molecular weight is 235 g/mol. The first kappa shape index (κ1) is 12.2. The molecule has 1 heterocycles. The molecule has 0 bridgehead atoms. The molecule has 0 aromatic carbocycles. The van der Waals surface area contributed by atoms with Gasteiger partial charge in [0.05, 0.1) is 5.41 Å². The normalized spacial score (nSPS) is 28.2. The Hall–Kier alpha value is -1.29. The number of hydrogen-bond donors (Lipinski definition) is 2. The summed E-state index contributed by atoms with van der Waals surface area (Å²) in [5.41, 5.74) is 5.65. The summed E-state index contributed by atoms with van der Waals surface area (Å²) in [6, 6.07) is 3.97. The van der Waals surface area contributed by atoms with Gasteiger partial charge < -0.3 is 15.6 Å². The van der Waals surface area contributed by atoms with Crippen molar-refractivity contribution in [2.75, 3.05) is 6.54 Å². The predicted octanol–water partition coefficient (Wildman–Crippen LogP) is 1.12. The van der Waals surface area contributed by atoms with Gasteiger partial charge in [0.2, 0.25) is 5.91 Å². The van der Waals surface area contributed by atoms with Gasteiger partial charge in [-0.05, 0) is 31.9 Å². The Labute approximate surface area is 102 Å². The second-order valence-electron chi connectivity index (χ2n) is 5.09. The van der Waals surface area contributed by atoms with Gasteiger partial charge in [-0.15, -0.1) is 0 Å². The number of carbonyl (C=O) groups excluding carboxylic acids is 1. The van der Waals surface area contributed by atoms with Crippen molar-refractivity contribution in [1.29, 1.82) is 0 Å². The maximum absolute atomic E-state index is 12.1. The smallest absolute Gasteiger partial charge is 0.227 e. The van der Waals surface area contributed by atoms with Gasteiger partial charge >= 0.3 is 0 Å². The molecule has 2 unspecified atom stereocenters. The molecular formula is C13H21N3O. The molecule has 94 valence electrons. The fraction of sp³-hybridized carbons (Fsp3) is 0.615. The van der Waals surface area contributed by atoms with E-state index >= 15 is 0 Å². The Kier molecular flexibility index (Phi) is 3.52. The van der Waals surface area contributed by atoms with Gasteiger partial charge in [0.25, 0.3) is 0 Å². The van der Waals surface area contributed by atoms with Crippen molar-refractivity contribution >= 4 is 5.91 Å². The standard InChI is InChI=1S/C13H21N3O/c1-13(6-4-5-11(13)14)12(17)15-7-10-16-8-2-3-9-16/h2-3,8-9,11H,4-7,10,14H2,1H3,(H,15,17). The lowest BCUT2D eigenvalue weighted by Gasteiger charge is -2.27. The summed E-state index contributed by atoms with van der Waals surface area (Å²) in [6.07, 6.45) is 6.91. The van der Waals surface area contributed by atoms with Crippen LogP contribution in [-0.4, -0.2) is 23.1 Å². The topological polar surface area (TPSA) is 60.0 Å². The van der Waals surface area contributed by atoms with Gasteiger partial charge in [-0.2, -0.15) is 0 Å². The van der Waals surface area contributed by atoms with Gasteiger partial charge in [-0.1, -0.05) is 6.42 Å². The highest BCUT2D eigenvalue weighted by molar-refractivity contribution is 5.83. The third-order valence-electron chi connectivity index (χ3n) is 3.87. The lowest BCUT2D eigenvalue weighted by molar-refractivity contribution is -0.130. The molecule has 1 amide bonds. The molecule has 4 nitrogen and oxygen atoms in total. The molecule has 1 saturated carbocycles. The molecule has 0 saturated heterocycles. The second kappa shape index (κ2) is 4.92. The van der Waals surface area contributed by atoms with Crippen LogP contribution in [0.4, 0.5) is 0 Å². The van der Waals surface area contributed by atoms with E-state index in [1.807, 2.05) is 31.5 Å². The van der Waals surface area contributed by atoms with Crippen LogP contribution in [0.5, 0.6) is 0 Å². The summed E-state index contributed by atoms with van der Waals surface area (Å²) >= 11 is 0. The van der Waals surface area contributed by atoms with E-state index in [4.69, 9.17) is 5.73 Å². The van der Waals surface area contributed by atoms with Crippen molar-refractivity contribution in [2.24, 2.45) is 11.1 Å². The molecule has 1 aliphatic rings. The van der Waals surface area contributed by atoms with Crippen LogP contribution >= 0.6 is 0 Å². The van der Waals surface area contributed by atoms with Crippen molar-refractivity contribution < 1.29 is 4.79 Å². The van der Waals surface area contributed by atoms with Crippen LogP contribution in [0.15, 0.2) is 24.5 Å². The maximum atomic E-state index is 12.1. The Balaban J connectivity index is 1.81. The van der Waals surface area contributed by atoms with Gasteiger partial charge in [0, 0.05) is 31.5 Å². The van der Waals surface area contributed by atoms with Crippen LogP contribution in [0.1, 0.15) is 26.2 Å². The minimum absolute atomic E-state index is 0.00841. The molecular weight excluding hydrogens is 214 g/mol. The van der Waals surface area contributed by atoms with E-state index in [0.717, 1.165) is 25.8 Å². The minimum atomic E-state index is -0.364. The molecule has 1 aromatic rings. The SMILES string of the molecule is CC1(C(=O)NCCn2cccc2)CCCC1N. The Morgan fingerprint density at radius 2 is 2.24 bits per heavy atom. The highest BCUT2D eigenvalue weighted by atomic mass is 16.2. The van der Waals surface area contributed by atoms with Gasteiger partial charge in [-0.3, -0.25) is 4.79 Å². The van der Waals surface area contributed by atoms with E-state index < -0.39 is 0 Å². The first-order valence-electron chi connectivity index (χ1n) is 6.27. The van der Waals surface area contributed by atoms with Crippen LogP contribution in [0, 0.1) is 5.41 Å². The summed E-state index contributed by atoms with van der Waals surface area (Å²) in [5, 5.41) is 2.99. The summed E-state index contributed by atoms with van der Waals surface area (Å²) in [4.78, 5) is 12.1. The van der Waals surface area contributed by atoms with E-state index in [9.17, 15) is 4.79 Å². The first-order valence-corrected chi connectivity index (χ1v) is 6.27. The van der Waals surface area contributed by atoms with Crippen LogP contribution in [0.3, 0.4) is 0 Å². The average Bonchev–Trinajstić information content (AvgIpc) is 2.91. The molecule has 0 radical (unpaired) electrons. The zero-order valence-corrected chi connectivity index (χ0v) is 10.4. The number of amides is 1. The molecule has 0 aliphatic heterocycles. The number of carbonyl (C=O) groups is 1. The quantitative estimate of drug-likeness (QED) is 0.821. The van der Waals surface area contributed by atoms with E-state index in [0.29, 0.717) is 6.54 Å². The fourth-order valence-electron chi connectivity index (χ4n) is 2.49. The maximum Gasteiger partial charge on any atom is 0.227 e. The Morgan fingerprint density at radius 3 is 2.82 bits per heavy atom. The largest absolute Gasteiger partial charge is 0.354 e. The molecule has 4 heteroatoms. The number of nitrogens with one attached hydrogen (secondary N) is 1. The summed E-state index contributed by atoms with van der Waals surface area (Å²) in [5.74, 6) is 0.106. The highest BCUT2D eigenvalue weighted by Gasteiger charge is 2.42. The van der Waals surface area contributed by atoms with E-state index in [1.165, 1.54) is 0 Å². The zero-order chi connectivity index (χ0) is 12.3. The van der Waals surface area contributed by atoms with E-state index in [1.54, 1.807) is 0 Å². The lowest BCUT2D eigenvalue weighted by Crippen LogP contribution is -2.47. The lowest BCUT2D eigenvalue weighted by atomic mass is 9.84. The van der Waals surface area contributed by atoms with Crippen LogP contribution in [-0.2, 0) is 11.3 Å². The fourth-order valence-corrected chi connectivity index (χ4v) is 2.49. The Morgan fingerprint density at radius 1 is 1.53 bits per heavy atom. The zero-order valence-electron chi connectivity index (χ0n) is 10.4. The molecule has 3 N–H and O–H groups in total. The van der Waals surface area contributed by atoms with E-state index in [2.05, 4.69) is 9.88 Å². The van der Waals surface area contributed by atoms with Gasteiger partial charge in [-0.25, -0.2) is 0 Å². The highest BCUT2D eigenvalue weighted by Crippen LogP contribution is 2.36. The number of nitrogens with two attached hydrogens (primary N) is 1. The van der Waals surface area contributed by atoms with E-state index in [-0.39, 0.29) is 17.4 Å². The molecule has 1 fully saturated rings. The second-order valence-corrected chi connectivity index (χ2v) is 5.09. The Bertz CT molecular complexity index is 374. The van der Waals surface area contributed by atoms with Crippen molar-refractivity contribution in [3.05, 3.63) is 24.5 Å². The summed E-state index contributed by atoms with van der Waals surface area (Å²) < 4.78 is 2.05. The summed E-state index contributed by atoms with van der Waals surface area (Å²) in [6.45, 7) is 3.45. The van der Waals surface area contributed by atoms with Crippen LogP contribution < -0.4 is 11.1 Å². The third kappa shape index (κ3) is 2.52. The monoisotopic (exact) mass is 235 g/mol. The van der Waals surface area contributed by atoms with Crippen LogP contribution in [0.2, 0.25) is 0 Å². The molecule has 1 aliphatic carbocycles. The van der Waals surface area contributed by atoms with Crippen LogP contribution in [0.25, 0.3) is 0 Å². The molecule has 17 heavy (non-hydrogen) atoms. The molecule has 0 spiro atoms. The predicted molar refractivity (Wildman–Crippen MR) is 67.4 cm³/mol. The number of aromatic nitrogens is 1. The van der Waals surface area contributed by atoms with Crippen molar-refractivity contribution in [3.63, 3.8) is 0 Å². The number of nitrogens with zero attached hydrogens (tertiary/aromatic N) is 1. The number of rotatable bonds is 4. The molecule has 1 aromatic heterocycles. The summed E-state index contributed by atoms with van der Waals surface area (Å²) in [7, 11) is 0. The van der Waals surface area contributed by atoms with Gasteiger partial charge in [0.1, 0.15) is 0 Å². The first-order chi connectivity index (χ1) is 8.13. The van der Waals surface area contributed by atoms with Crippen molar-refractivity contribution in [3.8, 4) is 0 Å². The minimum Gasteiger partial charge on any atom is -0.354 e. The number of hydrogen-bond acceptors (Lipinski definition) is 2. The third-order valence-corrected chi connectivity index (χ3v) is 3.87. The van der Waals surface area contributed by atoms with Crippen molar-refractivity contribution in [1.82, 2.24) is 9.88 Å².